The molecule has 5 rings (SSSR count). The van der Waals surface area contributed by atoms with E-state index >= 15 is 0 Å². The number of amides is 2. The van der Waals surface area contributed by atoms with E-state index in [4.69, 9.17) is 4.74 Å². The highest BCUT2D eigenvalue weighted by atomic mass is 16.5. The second-order valence-corrected chi connectivity index (χ2v) is 8.96. The van der Waals surface area contributed by atoms with Crippen LogP contribution < -0.4 is 16.3 Å². The first-order chi connectivity index (χ1) is 15.0. The van der Waals surface area contributed by atoms with Crippen LogP contribution in [0.25, 0.3) is 11.0 Å². The van der Waals surface area contributed by atoms with Gasteiger partial charge in [-0.3, -0.25) is 28.9 Å². The maximum Gasteiger partial charge on any atom is 0.329 e. The van der Waals surface area contributed by atoms with Crippen LogP contribution in [0, 0.1) is 0 Å². The number of ether oxygens (including phenoxy) is 1. The van der Waals surface area contributed by atoms with Crippen molar-refractivity contribution in [2.75, 3.05) is 32.8 Å². The molecule has 1 spiro atoms. The molecule has 0 aliphatic carbocycles. The van der Waals surface area contributed by atoms with Crippen molar-refractivity contribution in [2.24, 2.45) is 7.05 Å². The normalized spacial score (nSPS) is 24.6. The molecule has 0 radical (unpaired) electrons. The average molecular weight is 428 g/mol. The van der Waals surface area contributed by atoms with Gasteiger partial charge in [0.1, 0.15) is 6.04 Å². The van der Waals surface area contributed by atoms with Crippen molar-refractivity contribution in [3.63, 3.8) is 0 Å². The topological polar surface area (TPSA) is 97.6 Å². The van der Waals surface area contributed by atoms with Gasteiger partial charge in [0.2, 0.25) is 11.8 Å². The highest BCUT2D eigenvalue weighted by Crippen LogP contribution is 2.30. The lowest BCUT2D eigenvalue weighted by atomic mass is 9.90. The number of aryl methyl sites for hydroxylation is 1. The number of carbonyl (C=O) groups excluding carboxylic acids is 2. The third-order valence-electron chi connectivity index (χ3n) is 6.94. The van der Waals surface area contributed by atoms with Crippen LogP contribution in [0.5, 0.6) is 0 Å². The van der Waals surface area contributed by atoms with E-state index in [-0.39, 0.29) is 23.6 Å². The van der Waals surface area contributed by atoms with E-state index in [0.29, 0.717) is 13.0 Å². The van der Waals surface area contributed by atoms with Gasteiger partial charge in [-0.25, -0.2) is 4.79 Å². The summed E-state index contributed by atoms with van der Waals surface area (Å²) in [5, 5.41) is 5.77. The van der Waals surface area contributed by atoms with Gasteiger partial charge in [0.15, 0.2) is 0 Å². The molecule has 1 aromatic heterocycles. The Morgan fingerprint density at radius 1 is 1.19 bits per heavy atom. The standard InChI is InChI=1S/C22H29N5O4/c1-25-19-15(13-26-11-12-31-22(14-26)7-9-23-10-8-22)3-2-4-16(19)27(21(25)30)17-5-6-18(28)24-20(17)29/h2-4,17,23H,5-14H2,1H3,(H,24,28,29). The quantitative estimate of drug-likeness (QED) is 0.683. The van der Waals surface area contributed by atoms with Crippen molar-refractivity contribution in [2.45, 2.75) is 43.9 Å². The second-order valence-electron chi connectivity index (χ2n) is 8.96. The van der Waals surface area contributed by atoms with Crippen molar-refractivity contribution in [3.05, 3.63) is 34.2 Å². The third-order valence-corrected chi connectivity index (χ3v) is 6.94. The van der Waals surface area contributed by atoms with Gasteiger partial charge in [-0.15, -0.1) is 0 Å². The van der Waals surface area contributed by atoms with Crippen LogP contribution in [0.2, 0.25) is 0 Å². The first kappa shape index (κ1) is 20.4. The van der Waals surface area contributed by atoms with Crippen LogP contribution in [-0.2, 0) is 27.9 Å². The van der Waals surface area contributed by atoms with Gasteiger partial charge < -0.3 is 10.1 Å². The van der Waals surface area contributed by atoms with Crippen molar-refractivity contribution >= 4 is 22.8 Å². The van der Waals surface area contributed by atoms with Gasteiger partial charge in [-0.05, 0) is 44.0 Å². The number of nitrogens with one attached hydrogen (secondary N) is 2. The number of imidazole rings is 1. The number of hydrogen-bond donors (Lipinski definition) is 2. The molecular formula is C22H29N5O4. The molecule has 9 heteroatoms. The summed E-state index contributed by atoms with van der Waals surface area (Å²) < 4.78 is 9.38. The summed E-state index contributed by atoms with van der Waals surface area (Å²) in [6, 6.07) is 5.23. The summed E-state index contributed by atoms with van der Waals surface area (Å²) in [7, 11) is 1.75. The Bertz CT molecular complexity index is 1080. The van der Waals surface area contributed by atoms with Gasteiger partial charge in [-0.2, -0.15) is 0 Å². The zero-order chi connectivity index (χ0) is 21.6. The summed E-state index contributed by atoms with van der Waals surface area (Å²) in [4.78, 5) is 39.6. The highest BCUT2D eigenvalue weighted by Gasteiger charge is 2.38. The maximum atomic E-state index is 13.1. The number of imide groups is 1. The highest BCUT2D eigenvalue weighted by molar-refractivity contribution is 6.00. The summed E-state index contributed by atoms with van der Waals surface area (Å²) in [5.74, 6) is -0.688. The molecule has 2 aromatic rings. The van der Waals surface area contributed by atoms with E-state index in [1.165, 1.54) is 0 Å². The number of aromatic nitrogens is 2. The summed E-state index contributed by atoms with van der Waals surface area (Å²) in [6.07, 6.45) is 2.60. The van der Waals surface area contributed by atoms with Crippen LogP contribution >= 0.6 is 0 Å². The van der Waals surface area contributed by atoms with E-state index in [9.17, 15) is 14.4 Å². The summed E-state index contributed by atoms with van der Waals surface area (Å²) in [6.45, 7) is 5.13. The maximum absolute atomic E-state index is 13.1. The fourth-order valence-corrected chi connectivity index (χ4v) is 5.36. The molecule has 1 aromatic carbocycles. The Morgan fingerprint density at radius 3 is 2.77 bits per heavy atom. The molecule has 4 heterocycles. The molecule has 31 heavy (non-hydrogen) atoms. The van der Waals surface area contributed by atoms with E-state index in [1.807, 2.05) is 12.1 Å². The minimum absolute atomic E-state index is 0.0814. The molecule has 0 bridgehead atoms. The number of hydrogen-bond acceptors (Lipinski definition) is 6. The Kier molecular flexibility index (Phi) is 5.19. The number of rotatable bonds is 3. The molecule has 0 saturated carbocycles. The smallest absolute Gasteiger partial charge is 0.329 e. The van der Waals surface area contributed by atoms with Crippen LogP contribution in [0.1, 0.15) is 37.3 Å². The molecule has 3 fully saturated rings. The van der Waals surface area contributed by atoms with Crippen molar-refractivity contribution < 1.29 is 14.3 Å². The molecule has 166 valence electrons. The lowest BCUT2D eigenvalue weighted by Gasteiger charge is -2.45. The van der Waals surface area contributed by atoms with Crippen LogP contribution in [0.4, 0.5) is 0 Å². The SMILES string of the molecule is Cn1c(=O)n(C2CCC(=O)NC2=O)c2cccc(CN3CCOC4(CCNCC4)C3)c21. The molecule has 9 nitrogen and oxygen atoms in total. The lowest BCUT2D eigenvalue weighted by molar-refractivity contribution is -0.135. The van der Waals surface area contributed by atoms with Gasteiger partial charge in [0.05, 0.1) is 23.2 Å². The van der Waals surface area contributed by atoms with E-state index in [1.54, 1.807) is 16.2 Å². The molecule has 2 amide bonds. The molecule has 3 saturated heterocycles. The Balaban J connectivity index is 1.47. The number of nitrogens with zero attached hydrogens (tertiary/aromatic N) is 3. The lowest BCUT2D eigenvalue weighted by Crippen LogP contribution is -2.55. The zero-order valence-corrected chi connectivity index (χ0v) is 17.9. The molecular weight excluding hydrogens is 398 g/mol. The van der Waals surface area contributed by atoms with E-state index in [2.05, 4.69) is 21.6 Å². The predicted octanol–water partition coefficient (Wildman–Crippen LogP) is 0.272. The second kappa shape index (κ2) is 7.89. The average Bonchev–Trinajstić information content (AvgIpc) is 3.00. The van der Waals surface area contributed by atoms with E-state index < -0.39 is 11.9 Å². The van der Waals surface area contributed by atoms with Gasteiger partial charge in [0.25, 0.3) is 0 Å². The predicted molar refractivity (Wildman–Crippen MR) is 115 cm³/mol. The minimum Gasteiger partial charge on any atom is -0.372 e. The third kappa shape index (κ3) is 3.60. The Labute approximate surface area is 180 Å². The van der Waals surface area contributed by atoms with Gasteiger partial charge >= 0.3 is 5.69 Å². The number of fused-ring (bicyclic) bond motifs is 1. The fraction of sp³-hybridized carbons (Fsp3) is 0.591. The van der Waals surface area contributed by atoms with Crippen molar-refractivity contribution in [1.29, 1.82) is 0 Å². The van der Waals surface area contributed by atoms with E-state index in [0.717, 1.165) is 62.2 Å². The number of morpholine rings is 1. The molecule has 3 aliphatic rings. The summed E-state index contributed by atoms with van der Waals surface area (Å²) in [5.41, 5.74) is 2.34. The number of benzene rings is 1. The molecule has 2 N–H and O–H groups in total. The fourth-order valence-electron chi connectivity index (χ4n) is 5.36. The summed E-state index contributed by atoms with van der Waals surface area (Å²) >= 11 is 0. The van der Waals surface area contributed by atoms with Crippen molar-refractivity contribution in [3.8, 4) is 0 Å². The zero-order valence-electron chi connectivity index (χ0n) is 17.9. The molecule has 1 unspecified atom stereocenters. The van der Waals surface area contributed by atoms with Crippen LogP contribution in [-0.4, -0.2) is 64.2 Å². The van der Waals surface area contributed by atoms with Gasteiger partial charge in [-0.1, -0.05) is 12.1 Å². The minimum atomic E-state index is -0.662. The largest absolute Gasteiger partial charge is 0.372 e. The number of para-hydroxylation sites is 1. The number of carbonyl (C=O) groups is 2. The van der Waals surface area contributed by atoms with Gasteiger partial charge in [0, 0.05) is 33.1 Å². The first-order valence-electron chi connectivity index (χ1n) is 11.1. The van der Waals surface area contributed by atoms with Crippen LogP contribution in [0.3, 0.4) is 0 Å². The number of piperidine rings is 2. The van der Waals surface area contributed by atoms with Crippen LogP contribution in [0.15, 0.2) is 23.0 Å². The van der Waals surface area contributed by atoms with Crippen molar-refractivity contribution in [1.82, 2.24) is 24.7 Å². The molecule has 3 aliphatic heterocycles. The Morgan fingerprint density at radius 2 is 2.00 bits per heavy atom. The first-order valence-corrected chi connectivity index (χ1v) is 11.1. The Hall–Kier alpha value is -2.49. The monoisotopic (exact) mass is 427 g/mol. The molecule has 1 atom stereocenters.